The van der Waals surface area contributed by atoms with E-state index in [0.717, 1.165) is 93.5 Å². The van der Waals surface area contributed by atoms with Crippen LogP contribution in [0.3, 0.4) is 0 Å². The molecule has 10 rings (SSSR count). The number of halogens is 2. The van der Waals surface area contributed by atoms with Crippen molar-refractivity contribution in [3.05, 3.63) is 199 Å². The summed E-state index contributed by atoms with van der Waals surface area (Å²) in [6.07, 6.45) is 0. The molecule has 0 aromatic heterocycles. The molecule has 0 radical (unpaired) electrons. The predicted molar refractivity (Wildman–Crippen MR) is 231 cm³/mol. The number of rotatable bonds is 7. The van der Waals surface area contributed by atoms with Gasteiger partial charge in [0, 0.05) is 60.8 Å². The zero-order chi connectivity index (χ0) is 38.1. The molecular weight excluding hydrogens is 714 g/mol. The zero-order valence-corrected chi connectivity index (χ0v) is 31.6. The lowest BCUT2D eigenvalue weighted by molar-refractivity contribution is 0.592. The number of anilines is 6. The van der Waals surface area contributed by atoms with Gasteiger partial charge in [-0.25, -0.2) is 8.78 Å². The number of nitrogens with zero attached hydrogens (tertiary/aromatic N) is 2. The first-order valence-electron chi connectivity index (χ1n) is 18.6. The van der Waals surface area contributed by atoms with Gasteiger partial charge in [0.2, 0.25) is 0 Å². The average Bonchev–Trinajstić information content (AvgIpc) is 3.22. The first-order valence-corrected chi connectivity index (χ1v) is 20.4. The molecule has 1 aliphatic rings. The largest absolute Gasteiger partial charge is 0.310 e. The van der Waals surface area contributed by atoms with Crippen LogP contribution in [0.15, 0.2) is 176 Å². The summed E-state index contributed by atoms with van der Waals surface area (Å²) in [4.78, 5) is 4.21. The minimum absolute atomic E-state index is 0.317. The number of aryl methyl sites for hydroxylation is 2. The van der Waals surface area contributed by atoms with Crippen molar-refractivity contribution in [1.82, 2.24) is 0 Å². The number of benzene rings is 9. The second-order valence-electron chi connectivity index (χ2n) is 14.6. The van der Waals surface area contributed by atoms with Crippen LogP contribution in [0.5, 0.6) is 0 Å². The molecule has 9 aromatic carbocycles. The fourth-order valence-electron chi connectivity index (χ4n) is 8.33. The normalized spacial score (nSPS) is 12.9. The molecule has 0 spiro atoms. The monoisotopic (exact) mass is 748 g/mol. The highest BCUT2D eigenvalue weighted by Gasteiger charge is 2.39. The Labute approximate surface area is 324 Å². The third-order valence-electron chi connectivity index (χ3n) is 11.0. The lowest BCUT2D eigenvalue weighted by atomic mass is 9.94. The lowest BCUT2D eigenvalue weighted by Gasteiger charge is -2.33. The van der Waals surface area contributed by atoms with Crippen molar-refractivity contribution in [2.75, 3.05) is 9.80 Å². The van der Waals surface area contributed by atoms with Gasteiger partial charge in [0.15, 0.2) is 7.14 Å². The Morgan fingerprint density at radius 2 is 0.768 bits per heavy atom. The highest BCUT2D eigenvalue weighted by molar-refractivity contribution is 7.86. The van der Waals surface area contributed by atoms with Crippen LogP contribution in [0.25, 0.3) is 32.3 Å². The Hall–Kier alpha value is -6.55. The molecule has 56 heavy (non-hydrogen) atoms. The lowest BCUT2D eigenvalue weighted by Crippen LogP contribution is -2.30. The molecule has 0 saturated heterocycles. The summed E-state index contributed by atoms with van der Waals surface area (Å²) in [6.45, 7) is 4.10. The van der Waals surface area contributed by atoms with Crippen LogP contribution in [0, 0.1) is 25.5 Å². The van der Waals surface area contributed by atoms with Crippen LogP contribution in [-0.4, -0.2) is 0 Å². The van der Waals surface area contributed by atoms with Crippen LogP contribution >= 0.6 is 7.14 Å². The second-order valence-corrected chi connectivity index (χ2v) is 17.3. The molecule has 270 valence electrons. The van der Waals surface area contributed by atoms with Gasteiger partial charge in [0.1, 0.15) is 11.6 Å². The number of hydrogen-bond donors (Lipinski definition) is 0. The molecule has 6 heteroatoms. The molecule has 0 fully saturated rings. The third kappa shape index (κ3) is 5.42. The van der Waals surface area contributed by atoms with Crippen molar-refractivity contribution in [2.45, 2.75) is 13.8 Å². The molecule has 0 bridgehead atoms. The minimum Gasteiger partial charge on any atom is -0.310 e. The zero-order valence-electron chi connectivity index (χ0n) is 30.7. The highest BCUT2D eigenvalue weighted by Crippen LogP contribution is 2.54. The van der Waals surface area contributed by atoms with Crippen LogP contribution in [-0.2, 0) is 4.57 Å². The van der Waals surface area contributed by atoms with E-state index < -0.39 is 7.14 Å². The molecule has 0 saturated carbocycles. The quantitative estimate of drug-likeness (QED) is 0.120. The van der Waals surface area contributed by atoms with E-state index in [9.17, 15) is 8.78 Å². The molecule has 3 nitrogen and oxygen atoms in total. The van der Waals surface area contributed by atoms with Crippen LogP contribution in [0.2, 0.25) is 0 Å². The van der Waals surface area contributed by atoms with Crippen LogP contribution < -0.4 is 25.7 Å². The third-order valence-corrected chi connectivity index (χ3v) is 14.1. The van der Waals surface area contributed by atoms with E-state index in [2.05, 4.69) is 121 Å². The Morgan fingerprint density at radius 1 is 0.393 bits per heavy atom. The van der Waals surface area contributed by atoms with Crippen molar-refractivity contribution >= 4 is 89.5 Å². The van der Waals surface area contributed by atoms with Crippen LogP contribution in [0.4, 0.5) is 42.9 Å². The molecule has 9 aromatic rings. The Bertz CT molecular complexity index is 2750. The maximum atomic E-state index is 16.9. The Balaban J connectivity index is 1.30. The number of hydrogen-bond acceptors (Lipinski definition) is 3. The van der Waals surface area contributed by atoms with Crippen LogP contribution in [0.1, 0.15) is 11.1 Å². The van der Waals surface area contributed by atoms with Gasteiger partial charge in [-0.05, 0) is 132 Å². The van der Waals surface area contributed by atoms with E-state index in [1.807, 2.05) is 30.3 Å². The minimum atomic E-state index is -3.62. The Kier molecular flexibility index (Phi) is 7.91. The van der Waals surface area contributed by atoms with Gasteiger partial charge in [-0.15, -0.1) is 0 Å². The average molecular weight is 749 g/mol. The molecule has 0 N–H and O–H groups in total. The molecular formula is C50H35F2N2OP. The first-order chi connectivity index (χ1) is 27.3. The topological polar surface area (TPSA) is 23.6 Å². The fraction of sp³-hybridized carbons (Fsp3) is 0.0400. The van der Waals surface area contributed by atoms with E-state index >= 15 is 4.57 Å². The molecule has 0 amide bonds. The summed E-state index contributed by atoms with van der Waals surface area (Å²) < 4.78 is 45.6. The van der Waals surface area contributed by atoms with Crippen molar-refractivity contribution in [2.24, 2.45) is 0 Å². The van der Waals surface area contributed by atoms with E-state index in [1.54, 1.807) is 24.3 Å². The van der Waals surface area contributed by atoms with E-state index in [4.69, 9.17) is 0 Å². The first kappa shape index (κ1) is 34.0. The van der Waals surface area contributed by atoms with E-state index in [-0.39, 0.29) is 11.6 Å². The Morgan fingerprint density at radius 3 is 1.18 bits per heavy atom. The molecule has 1 heterocycles. The van der Waals surface area contributed by atoms with Gasteiger partial charge < -0.3 is 14.4 Å². The van der Waals surface area contributed by atoms with Gasteiger partial charge >= 0.3 is 0 Å². The summed E-state index contributed by atoms with van der Waals surface area (Å²) in [6, 6.07) is 56.3. The van der Waals surface area contributed by atoms with Crippen molar-refractivity contribution in [1.29, 1.82) is 0 Å². The van der Waals surface area contributed by atoms with E-state index in [1.165, 1.54) is 24.3 Å². The standard InChI is InChI=1S/C50H35F2N2OP/c1-32-8-20-39(21-9-32)53(41-24-16-37(51)17-25-41)43-28-35-14-12-34-13-15-36-29-44(54(40-22-10-33(2)11-23-40)42-26-18-38(52)19-27-42)31-47-49(36)50(34)48(35)46(30-43)56(47,55)45-6-4-3-5-7-45/h3-31H,1-2H3. The van der Waals surface area contributed by atoms with E-state index in [0.29, 0.717) is 0 Å². The van der Waals surface area contributed by atoms with Crippen molar-refractivity contribution in [3.63, 3.8) is 0 Å². The summed E-state index contributed by atoms with van der Waals surface area (Å²) >= 11 is 0. The maximum absolute atomic E-state index is 16.9. The predicted octanol–water partition coefficient (Wildman–Crippen LogP) is 12.9. The van der Waals surface area contributed by atoms with Gasteiger partial charge in [0.05, 0.1) is 0 Å². The molecule has 0 atom stereocenters. The van der Waals surface area contributed by atoms with Crippen molar-refractivity contribution < 1.29 is 13.3 Å². The SMILES string of the molecule is Cc1ccc(N(c2ccc(F)cc2)c2cc3c4c(ccc5ccc6cc(N(c7ccc(C)cc7)c7ccc(F)cc7)cc(c6c54)P3(=O)c3ccccc3)c2)cc1. The van der Waals surface area contributed by atoms with Gasteiger partial charge in [-0.1, -0.05) is 90.0 Å². The maximum Gasteiger partial charge on any atom is 0.172 e. The van der Waals surface area contributed by atoms with Gasteiger partial charge in [-0.2, -0.15) is 0 Å². The highest BCUT2D eigenvalue weighted by atomic mass is 31.2. The van der Waals surface area contributed by atoms with Crippen molar-refractivity contribution in [3.8, 4) is 0 Å². The summed E-state index contributed by atoms with van der Waals surface area (Å²) in [7, 11) is -3.62. The fourth-order valence-corrected chi connectivity index (χ4v) is 11.5. The van der Waals surface area contributed by atoms with Gasteiger partial charge in [0.25, 0.3) is 0 Å². The molecule has 0 unspecified atom stereocenters. The summed E-state index contributed by atoms with van der Waals surface area (Å²) in [5.74, 6) is -0.633. The smallest absolute Gasteiger partial charge is 0.172 e. The van der Waals surface area contributed by atoms with Gasteiger partial charge in [-0.3, -0.25) is 0 Å². The molecule has 0 aliphatic carbocycles. The summed E-state index contributed by atoms with van der Waals surface area (Å²) in [5, 5.41) is 8.25. The molecule has 1 aliphatic heterocycles. The summed E-state index contributed by atoms with van der Waals surface area (Å²) in [5.41, 5.74) is 7.25. The second kappa shape index (κ2) is 13.0.